The van der Waals surface area contributed by atoms with Crippen molar-refractivity contribution in [1.82, 2.24) is 20.0 Å². The van der Waals surface area contributed by atoms with Crippen LogP contribution in [0.4, 0.5) is 8.78 Å². The summed E-state index contributed by atoms with van der Waals surface area (Å²) in [6.45, 7) is 3.77. The van der Waals surface area contributed by atoms with Gasteiger partial charge in [-0.15, -0.1) is 0 Å². The first-order valence-electron chi connectivity index (χ1n) is 10.0. The lowest BCUT2D eigenvalue weighted by atomic mass is 9.73. The molecule has 32 heavy (non-hydrogen) atoms. The van der Waals surface area contributed by atoms with Crippen LogP contribution in [0.3, 0.4) is 0 Å². The summed E-state index contributed by atoms with van der Waals surface area (Å²) >= 11 is 0. The molecule has 0 unspecified atom stereocenters. The van der Waals surface area contributed by atoms with Crippen LogP contribution in [-0.4, -0.2) is 67.4 Å². The van der Waals surface area contributed by atoms with Crippen molar-refractivity contribution in [2.45, 2.75) is 25.0 Å². The highest BCUT2D eigenvalue weighted by atomic mass is 19.1. The zero-order valence-corrected chi connectivity index (χ0v) is 17.4. The van der Waals surface area contributed by atoms with E-state index in [9.17, 15) is 9.90 Å². The quantitative estimate of drug-likeness (QED) is 0.407. The van der Waals surface area contributed by atoms with Gasteiger partial charge in [0.25, 0.3) is 5.91 Å². The maximum Gasteiger partial charge on any atom is 0.252 e. The fourth-order valence-electron chi connectivity index (χ4n) is 3.74. The van der Waals surface area contributed by atoms with Crippen LogP contribution >= 0.6 is 0 Å². The van der Waals surface area contributed by atoms with Gasteiger partial charge >= 0.3 is 0 Å². The van der Waals surface area contributed by atoms with Gasteiger partial charge in [-0.05, 0) is 36.8 Å². The van der Waals surface area contributed by atoms with E-state index in [1.165, 1.54) is 0 Å². The average molecular weight is 436 g/mol. The lowest BCUT2D eigenvalue weighted by Gasteiger charge is -2.24. The van der Waals surface area contributed by atoms with Crippen LogP contribution in [0, 0.1) is 18.6 Å². The largest absolute Gasteiger partial charge is 0.390 e. The number of nitrogens with zero attached hydrogens (tertiary/aromatic N) is 2. The number of carbonyl (C=O) groups is 1. The SMILES string of the molecule is [B]C([B])(O)NC(=O)c1cc(F)c(-c2nc3cc(C)ccn3c2C[C@H]2CNCCO2)c(F)c1. The number of carbonyl (C=O) groups excluding carboxylic acids is 1. The van der Waals surface area contributed by atoms with Crippen molar-refractivity contribution in [2.75, 3.05) is 19.7 Å². The molecule has 1 aliphatic heterocycles. The number of nitrogens with one attached hydrogen (secondary N) is 2. The summed E-state index contributed by atoms with van der Waals surface area (Å²) in [6.07, 6.45) is 1.99. The molecular formula is C21H20B2F2N4O3. The van der Waals surface area contributed by atoms with Crippen molar-refractivity contribution in [3.8, 4) is 11.3 Å². The maximum absolute atomic E-state index is 15.1. The highest BCUT2D eigenvalue weighted by Gasteiger charge is 2.26. The number of rotatable bonds is 5. The molecule has 0 bridgehead atoms. The van der Waals surface area contributed by atoms with Crippen molar-refractivity contribution in [3.63, 3.8) is 0 Å². The standard InChI is InChI=1S/C21H20B2F2N4O3/c1-11-2-4-29-16(9-13-10-26-3-5-32-13)19(27-17(29)6-11)18-14(24)7-12(8-15(18)25)20(30)28-21(22,23)31/h2,4,6-8,13,26,31H,3,5,9-10H2,1H3,(H,28,30)/t13-/m0/s1. The summed E-state index contributed by atoms with van der Waals surface area (Å²) in [4.78, 5) is 16.6. The lowest BCUT2D eigenvalue weighted by molar-refractivity contribution is 0.0286. The normalized spacial score (nSPS) is 16.9. The first kappa shape index (κ1) is 22.4. The van der Waals surface area contributed by atoms with Crippen molar-refractivity contribution < 1.29 is 23.4 Å². The van der Waals surface area contributed by atoms with Gasteiger partial charge in [-0.25, -0.2) is 13.8 Å². The maximum atomic E-state index is 15.1. The molecule has 4 radical (unpaired) electrons. The van der Waals surface area contributed by atoms with Gasteiger partial charge in [0.1, 0.15) is 33.0 Å². The molecule has 1 saturated heterocycles. The Morgan fingerprint density at radius 2 is 2.09 bits per heavy atom. The fraction of sp³-hybridized carbons (Fsp3) is 0.333. The van der Waals surface area contributed by atoms with Gasteiger partial charge in [-0.1, -0.05) is 0 Å². The molecule has 1 aromatic carbocycles. The Labute approximate surface area is 186 Å². The molecular weight excluding hydrogens is 416 g/mol. The Kier molecular flexibility index (Phi) is 6.07. The second-order valence-electron chi connectivity index (χ2n) is 7.83. The van der Waals surface area contributed by atoms with Gasteiger partial charge in [0.05, 0.1) is 29.7 Å². The number of halogens is 2. The van der Waals surface area contributed by atoms with Crippen molar-refractivity contribution >= 4 is 27.2 Å². The molecule has 1 amide bonds. The van der Waals surface area contributed by atoms with Gasteiger partial charge in [-0.3, -0.25) is 4.79 Å². The number of hydrogen-bond donors (Lipinski definition) is 3. The van der Waals surface area contributed by atoms with E-state index in [1.807, 2.05) is 24.4 Å². The molecule has 2 aromatic heterocycles. The number of imidazole rings is 1. The first-order valence-corrected chi connectivity index (χ1v) is 10.0. The first-order chi connectivity index (χ1) is 15.1. The average Bonchev–Trinajstić information content (AvgIpc) is 3.04. The summed E-state index contributed by atoms with van der Waals surface area (Å²) in [6, 6.07) is 5.38. The molecule has 3 N–H and O–H groups in total. The van der Waals surface area contributed by atoms with Gasteiger partial charge in [-0.2, -0.15) is 0 Å². The van der Waals surface area contributed by atoms with E-state index < -0.39 is 23.1 Å². The summed E-state index contributed by atoms with van der Waals surface area (Å²) < 4.78 is 37.8. The summed E-state index contributed by atoms with van der Waals surface area (Å²) in [5.41, 5.74) is -1.08. The minimum Gasteiger partial charge on any atom is -0.390 e. The molecule has 0 spiro atoms. The smallest absolute Gasteiger partial charge is 0.252 e. The Hall–Kier alpha value is -2.75. The van der Waals surface area contributed by atoms with E-state index in [1.54, 1.807) is 10.6 Å². The molecule has 162 valence electrons. The fourth-order valence-corrected chi connectivity index (χ4v) is 3.74. The molecule has 3 aromatic rings. The molecule has 7 nitrogen and oxygen atoms in total. The number of morpholine rings is 1. The highest BCUT2D eigenvalue weighted by molar-refractivity contribution is 6.39. The number of fused-ring (bicyclic) bond motifs is 1. The van der Waals surface area contributed by atoms with Crippen LogP contribution in [-0.2, 0) is 11.2 Å². The van der Waals surface area contributed by atoms with Gasteiger partial charge in [0.2, 0.25) is 0 Å². The van der Waals surface area contributed by atoms with Gasteiger partial charge in [0.15, 0.2) is 0 Å². The number of aromatic nitrogens is 2. The van der Waals surface area contributed by atoms with E-state index in [2.05, 4.69) is 10.3 Å². The number of ether oxygens (including phenoxy) is 1. The number of amides is 1. The Morgan fingerprint density at radius 1 is 1.38 bits per heavy atom. The van der Waals surface area contributed by atoms with Crippen LogP contribution in [0.1, 0.15) is 21.6 Å². The van der Waals surface area contributed by atoms with E-state index >= 15 is 8.78 Å². The lowest BCUT2D eigenvalue weighted by Crippen LogP contribution is -2.49. The number of pyridine rings is 1. The molecule has 0 aliphatic carbocycles. The summed E-state index contributed by atoms with van der Waals surface area (Å²) in [5.74, 6) is -3.01. The third-order valence-electron chi connectivity index (χ3n) is 5.16. The monoisotopic (exact) mass is 436 g/mol. The summed E-state index contributed by atoms with van der Waals surface area (Å²) in [7, 11) is 10.2. The molecule has 1 fully saturated rings. The van der Waals surface area contributed by atoms with Crippen LogP contribution in [0.15, 0.2) is 30.5 Å². The number of aryl methyl sites for hydroxylation is 1. The Balaban J connectivity index is 1.80. The molecule has 3 heterocycles. The number of hydrogen-bond acceptors (Lipinski definition) is 5. The second-order valence-corrected chi connectivity index (χ2v) is 7.83. The Bertz CT molecular complexity index is 1150. The van der Waals surface area contributed by atoms with Crippen LogP contribution in [0.5, 0.6) is 0 Å². The molecule has 0 saturated carbocycles. The van der Waals surface area contributed by atoms with E-state index in [4.69, 9.17) is 20.4 Å². The summed E-state index contributed by atoms with van der Waals surface area (Å²) in [5, 5.41) is 14.4. The molecule has 1 aliphatic rings. The van der Waals surface area contributed by atoms with E-state index in [0.717, 1.165) is 24.2 Å². The third kappa shape index (κ3) is 4.69. The van der Waals surface area contributed by atoms with E-state index in [-0.39, 0.29) is 22.9 Å². The third-order valence-corrected chi connectivity index (χ3v) is 5.16. The zero-order chi connectivity index (χ0) is 23.0. The van der Waals surface area contributed by atoms with Crippen LogP contribution in [0.2, 0.25) is 0 Å². The molecule has 1 atom stereocenters. The minimum atomic E-state index is -2.52. The van der Waals surface area contributed by atoms with Crippen molar-refractivity contribution in [1.29, 1.82) is 0 Å². The molecule has 4 rings (SSSR count). The predicted molar refractivity (Wildman–Crippen MR) is 116 cm³/mol. The van der Waals surface area contributed by atoms with Crippen LogP contribution in [0.25, 0.3) is 16.9 Å². The zero-order valence-electron chi connectivity index (χ0n) is 17.4. The number of aliphatic hydroxyl groups is 1. The predicted octanol–water partition coefficient (Wildman–Crippen LogP) is 0.789. The second kappa shape index (κ2) is 8.65. The number of benzene rings is 1. The van der Waals surface area contributed by atoms with Crippen molar-refractivity contribution in [3.05, 3.63) is 58.9 Å². The van der Waals surface area contributed by atoms with Gasteiger partial charge < -0.3 is 24.9 Å². The van der Waals surface area contributed by atoms with Gasteiger partial charge in [0, 0.05) is 36.8 Å². The van der Waals surface area contributed by atoms with Crippen molar-refractivity contribution in [2.24, 2.45) is 0 Å². The molecule has 11 heteroatoms. The topological polar surface area (TPSA) is 87.9 Å². The highest BCUT2D eigenvalue weighted by Crippen LogP contribution is 2.32. The minimum absolute atomic E-state index is 0.126. The van der Waals surface area contributed by atoms with E-state index in [0.29, 0.717) is 30.9 Å². The Morgan fingerprint density at radius 3 is 2.72 bits per heavy atom. The van der Waals surface area contributed by atoms with Crippen LogP contribution < -0.4 is 10.6 Å².